The molecule has 6 rings (SSSR count). The Bertz CT molecular complexity index is 1620. The van der Waals surface area contributed by atoms with Crippen LogP contribution in [0.5, 0.6) is 0 Å². The Kier molecular flexibility index (Phi) is 7.07. The van der Waals surface area contributed by atoms with Gasteiger partial charge in [-0.25, -0.2) is 0 Å². The maximum atomic E-state index is 8.34. The van der Waals surface area contributed by atoms with Crippen molar-refractivity contribution in [1.82, 2.24) is 0 Å². The zero-order valence-corrected chi connectivity index (χ0v) is 29.6. The van der Waals surface area contributed by atoms with E-state index in [9.17, 15) is 0 Å². The van der Waals surface area contributed by atoms with Gasteiger partial charge in [0.25, 0.3) is 0 Å². The number of rotatable bonds is 6. The van der Waals surface area contributed by atoms with E-state index in [4.69, 9.17) is 17.2 Å². The quantitative estimate of drug-likeness (QED) is 0.173. The van der Waals surface area contributed by atoms with Crippen LogP contribution >= 0.6 is 17.2 Å². The van der Waals surface area contributed by atoms with Crippen molar-refractivity contribution in [2.45, 2.75) is 34.7 Å². The molecule has 0 bridgehead atoms. The third-order valence-corrected chi connectivity index (χ3v) is 65.5. The molecule has 0 spiro atoms. The molecule has 0 aromatic heterocycles. The van der Waals surface area contributed by atoms with E-state index in [1.54, 1.807) is 0 Å². The molecule has 0 nitrogen and oxygen atoms in total. The standard InChI is InChI=1S/C18H17.C16H13.CH5Si.2ClH.Hf/c1-13(2)16-11-15-9-6-10-17(18(15)12-16)14-7-4-3-5-8-14;1-12-10-14-8-5-9-15(16(14)11-12)13-6-3-2-4-7-13;1-2;;;/h3-13H,1-2H3;2-11H,1H3;2H2,1H3;2*1H;/q;;;;;+2/p-2. The van der Waals surface area contributed by atoms with E-state index >= 15 is 0 Å². The van der Waals surface area contributed by atoms with Gasteiger partial charge < -0.3 is 0 Å². The number of halogens is 2. The van der Waals surface area contributed by atoms with E-state index in [-0.39, 0.29) is 7.35 Å². The summed E-state index contributed by atoms with van der Waals surface area (Å²) in [7, 11) is 16.7. The van der Waals surface area contributed by atoms with Gasteiger partial charge in [0.15, 0.2) is 0 Å². The molecule has 0 radical (unpaired) electrons. The van der Waals surface area contributed by atoms with Crippen LogP contribution in [0.3, 0.4) is 0 Å². The predicted molar refractivity (Wildman–Crippen MR) is 172 cm³/mol. The average Bonchev–Trinajstić information content (AvgIpc) is 3.53. The van der Waals surface area contributed by atoms with Crippen LogP contribution < -0.4 is 0 Å². The summed E-state index contributed by atoms with van der Waals surface area (Å²) in [6.45, 7) is 8.51. The molecule has 4 aromatic rings. The Labute approximate surface area is 242 Å². The minimum absolute atomic E-state index is 0.138. The number of benzene rings is 4. The molecular weight excluding hydrogens is 698 g/mol. The van der Waals surface area contributed by atoms with Crippen LogP contribution in [0.2, 0.25) is 6.55 Å². The summed E-state index contributed by atoms with van der Waals surface area (Å²) in [6, 6.07) is 35.0. The summed E-state index contributed by atoms with van der Waals surface area (Å²) < 4.78 is 0.277. The van der Waals surface area contributed by atoms with Crippen molar-refractivity contribution >= 4 is 36.0 Å². The Balaban J connectivity index is 1.56. The molecule has 0 aliphatic heterocycles. The summed E-state index contributed by atoms with van der Waals surface area (Å²) >= 11 is -4.73. The summed E-state index contributed by atoms with van der Waals surface area (Å²) in [5.41, 5.74) is 13.2. The van der Waals surface area contributed by atoms with Gasteiger partial charge in [-0.05, 0) is 0 Å². The molecule has 197 valence electrons. The Morgan fingerprint density at radius 2 is 1.13 bits per heavy atom. The summed E-state index contributed by atoms with van der Waals surface area (Å²) in [5.74, 6) is 0.375. The van der Waals surface area contributed by atoms with Crippen molar-refractivity contribution in [1.29, 1.82) is 0 Å². The molecule has 0 saturated heterocycles. The molecule has 0 heterocycles. The van der Waals surface area contributed by atoms with E-state index < -0.39 is 22.0 Å². The maximum absolute atomic E-state index is 8.34. The first kappa shape index (κ1) is 27.2. The van der Waals surface area contributed by atoms with Gasteiger partial charge in [-0.1, -0.05) is 0 Å². The average molecular weight is 733 g/mol. The molecule has 2 aliphatic rings. The molecule has 0 N–H and O–H groups in total. The van der Waals surface area contributed by atoms with Crippen LogP contribution in [0.1, 0.15) is 50.4 Å². The van der Waals surface area contributed by atoms with Crippen LogP contribution in [0, 0.1) is 5.92 Å². The third kappa shape index (κ3) is 4.34. The Hall–Kier alpha value is -1.97. The third-order valence-electron chi connectivity index (χ3n) is 9.06. The molecule has 4 aromatic carbocycles. The van der Waals surface area contributed by atoms with Crippen LogP contribution in [0.25, 0.3) is 34.4 Å². The van der Waals surface area contributed by atoms with Crippen molar-refractivity contribution in [3.63, 3.8) is 0 Å². The molecule has 2 aliphatic carbocycles. The van der Waals surface area contributed by atoms with Crippen molar-refractivity contribution in [3.8, 4) is 22.3 Å². The fraction of sp³-hybridized carbons (Fsp3) is 0.200. The minimum atomic E-state index is -4.73. The Morgan fingerprint density at radius 3 is 1.62 bits per heavy atom. The van der Waals surface area contributed by atoms with Gasteiger partial charge in [0.2, 0.25) is 0 Å². The van der Waals surface area contributed by atoms with Crippen molar-refractivity contribution < 1.29 is 15.3 Å². The van der Waals surface area contributed by atoms with Crippen LogP contribution in [0.15, 0.2) is 108 Å². The normalized spacial score (nSPS) is 19.5. The van der Waals surface area contributed by atoms with E-state index in [0.29, 0.717) is 5.92 Å². The molecule has 0 saturated carbocycles. The van der Waals surface area contributed by atoms with Gasteiger partial charge in [0.05, 0.1) is 0 Å². The Morgan fingerprint density at radius 1 is 0.641 bits per heavy atom. The number of fused-ring (bicyclic) bond motifs is 2. The van der Waals surface area contributed by atoms with Crippen LogP contribution in [0.4, 0.5) is 0 Å². The van der Waals surface area contributed by atoms with Gasteiger partial charge in [0, 0.05) is 0 Å². The second kappa shape index (κ2) is 10.1. The zero-order valence-electron chi connectivity index (χ0n) is 23.1. The molecule has 0 fully saturated rings. The van der Waals surface area contributed by atoms with E-state index in [0.717, 1.165) is 0 Å². The SMILES string of the molecule is C[SiH2][Hf]([Cl])([Cl])([CH]1C(C)=Cc2c(-c3ccccc3)cccc21)[CH]1C(C(C)C)=Cc2c(-c3ccccc3)cccc21. The van der Waals surface area contributed by atoms with E-state index in [2.05, 4.69) is 137 Å². The van der Waals surface area contributed by atoms with Gasteiger partial charge in [0.1, 0.15) is 0 Å². The molecule has 39 heavy (non-hydrogen) atoms. The number of hydrogen-bond acceptors (Lipinski definition) is 0. The van der Waals surface area contributed by atoms with Gasteiger partial charge in [-0.3, -0.25) is 0 Å². The summed E-state index contributed by atoms with van der Waals surface area (Å²) in [6.07, 6.45) is 4.84. The van der Waals surface area contributed by atoms with Gasteiger partial charge in [-0.15, -0.1) is 0 Å². The fourth-order valence-electron chi connectivity index (χ4n) is 7.23. The number of hydrogen-bond donors (Lipinski definition) is 0. The molecule has 2 unspecified atom stereocenters. The fourth-order valence-corrected chi connectivity index (χ4v) is 48.9. The molecule has 0 amide bonds. The zero-order chi connectivity index (χ0) is 27.4. The van der Waals surface area contributed by atoms with Crippen molar-refractivity contribution in [2.75, 3.05) is 0 Å². The first-order chi connectivity index (χ1) is 18.7. The van der Waals surface area contributed by atoms with Gasteiger partial charge in [-0.2, -0.15) is 0 Å². The topological polar surface area (TPSA) is 0 Å². The van der Waals surface area contributed by atoms with Crippen molar-refractivity contribution in [2.24, 2.45) is 5.92 Å². The molecular formula is C35H35Cl2HfSi. The predicted octanol–water partition coefficient (Wildman–Crippen LogP) is 10.4. The summed E-state index contributed by atoms with van der Waals surface area (Å²) in [5, 5.41) is 0. The first-order valence-electron chi connectivity index (χ1n) is 14.1. The number of allylic oxidation sites excluding steroid dienone is 2. The van der Waals surface area contributed by atoms with E-state index in [1.807, 2.05) is 0 Å². The monoisotopic (exact) mass is 733 g/mol. The van der Waals surface area contributed by atoms with E-state index in [1.165, 1.54) is 55.7 Å². The second-order valence-corrected chi connectivity index (χ2v) is 69.8. The van der Waals surface area contributed by atoms with Crippen molar-refractivity contribution in [3.05, 3.63) is 130 Å². The van der Waals surface area contributed by atoms with Crippen LogP contribution in [-0.4, -0.2) is 6.71 Å². The molecule has 2 atom stereocenters. The second-order valence-electron chi connectivity index (χ2n) is 11.6. The van der Waals surface area contributed by atoms with Gasteiger partial charge >= 0.3 is 245 Å². The molecule has 4 heteroatoms. The van der Waals surface area contributed by atoms with Crippen LogP contribution in [-0.2, 0) is 15.3 Å². The summed E-state index contributed by atoms with van der Waals surface area (Å²) in [4.78, 5) is 0. The first-order valence-corrected chi connectivity index (χ1v) is 36.9.